The zero-order chi connectivity index (χ0) is 16.3. The zero-order valence-corrected chi connectivity index (χ0v) is 13.6. The molecule has 1 aliphatic heterocycles. The summed E-state index contributed by atoms with van der Waals surface area (Å²) in [5.74, 6) is 1.20. The summed E-state index contributed by atoms with van der Waals surface area (Å²) in [5.41, 5.74) is 0.784. The number of hydrogen-bond donors (Lipinski definition) is 1. The monoisotopic (exact) mass is 334 g/mol. The van der Waals surface area contributed by atoms with Crippen LogP contribution in [0, 0.1) is 0 Å². The van der Waals surface area contributed by atoms with Gasteiger partial charge in [0.2, 0.25) is 10.0 Å². The first-order chi connectivity index (χ1) is 11.0. The van der Waals surface area contributed by atoms with Crippen molar-refractivity contribution in [2.24, 2.45) is 0 Å². The van der Waals surface area contributed by atoms with Crippen molar-refractivity contribution >= 4 is 21.7 Å². The van der Waals surface area contributed by atoms with Gasteiger partial charge in [0.05, 0.1) is 24.3 Å². The van der Waals surface area contributed by atoms with Gasteiger partial charge >= 0.3 is 0 Å². The number of rotatable bonds is 4. The second-order valence-corrected chi connectivity index (χ2v) is 7.49. The van der Waals surface area contributed by atoms with Crippen molar-refractivity contribution in [3.05, 3.63) is 36.7 Å². The van der Waals surface area contributed by atoms with Crippen molar-refractivity contribution in [3.8, 4) is 0 Å². The third-order valence-corrected chi connectivity index (χ3v) is 5.01. The van der Waals surface area contributed by atoms with E-state index in [9.17, 15) is 8.42 Å². The normalized spacial score (nSPS) is 19.4. The second kappa shape index (κ2) is 6.55. The fourth-order valence-electron chi connectivity index (χ4n) is 2.62. The van der Waals surface area contributed by atoms with Crippen LogP contribution < -0.4 is 5.32 Å². The van der Waals surface area contributed by atoms with Crippen LogP contribution in [0.3, 0.4) is 0 Å². The summed E-state index contributed by atoms with van der Waals surface area (Å²) >= 11 is 0. The molecule has 0 bridgehead atoms. The van der Waals surface area contributed by atoms with E-state index in [0.29, 0.717) is 24.7 Å². The van der Waals surface area contributed by atoms with Crippen molar-refractivity contribution in [2.45, 2.75) is 18.8 Å². The van der Waals surface area contributed by atoms with Gasteiger partial charge in [-0.05, 0) is 12.8 Å². The Hall–Kier alpha value is -2.13. The van der Waals surface area contributed by atoms with Gasteiger partial charge in [0.1, 0.15) is 11.6 Å². The fourth-order valence-corrected chi connectivity index (χ4v) is 3.53. The molecule has 0 aromatic carbocycles. The number of anilines is 2. The Morgan fingerprint density at radius 3 is 2.74 bits per heavy atom. The van der Waals surface area contributed by atoms with E-state index in [1.54, 1.807) is 31.0 Å². The molecular formula is C14H18N6O2S. The van der Waals surface area contributed by atoms with Crippen molar-refractivity contribution in [2.75, 3.05) is 24.7 Å². The molecule has 23 heavy (non-hydrogen) atoms. The van der Waals surface area contributed by atoms with Gasteiger partial charge in [-0.3, -0.25) is 9.97 Å². The van der Waals surface area contributed by atoms with E-state index in [0.717, 1.165) is 18.5 Å². The van der Waals surface area contributed by atoms with Crippen molar-refractivity contribution < 1.29 is 8.42 Å². The minimum absolute atomic E-state index is 0.0505. The van der Waals surface area contributed by atoms with Crippen LogP contribution in [0.4, 0.5) is 11.6 Å². The Balaban J connectivity index is 1.77. The van der Waals surface area contributed by atoms with Crippen molar-refractivity contribution in [1.29, 1.82) is 0 Å². The van der Waals surface area contributed by atoms with E-state index in [2.05, 4.69) is 25.3 Å². The van der Waals surface area contributed by atoms with Gasteiger partial charge in [-0.15, -0.1) is 0 Å². The van der Waals surface area contributed by atoms with Crippen LogP contribution in [0.15, 0.2) is 31.0 Å². The molecule has 8 nitrogen and oxygen atoms in total. The number of nitrogens with one attached hydrogen (secondary N) is 1. The molecule has 122 valence electrons. The van der Waals surface area contributed by atoms with E-state index in [4.69, 9.17) is 0 Å². The number of hydrogen-bond acceptors (Lipinski definition) is 7. The number of aromatic nitrogens is 4. The minimum Gasteiger partial charge on any atom is -0.322 e. The summed E-state index contributed by atoms with van der Waals surface area (Å²) in [6.45, 7) is 1.02. The smallest absolute Gasteiger partial charge is 0.211 e. The zero-order valence-electron chi connectivity index (χ0n) is 12.8. The van der Waals surface area contributed by atoms with Crippen molar-refractivity contribution in [3.63, 3.8) is 0 Å². The summed E-state index contributed by atoms with van der Waals surface area (Å²) < 4.78 is 25.0. The minimum atomic E-state index is -3.17. The highest BCUT2D eigenvalue weighted by Gasteiger charge is 2.27. The summed E-state index contributed by atoms with van der Waals surface area (Å²) in [6.07, 6.45) is 11.0. The maximum atomic E-state index is 11.7. The number of sulfonamides is 1. The first kappa shape index (κ1) is 15.8. The Kier molecular flexibility index (Phi) is 4.49. The molecule has 1 N–H and O–H groups in total. The van der Waals surface area contributed by atoms with Gasteiger partial charge in [0, 0.05) is 37.6 Å². The molecule has 1 saturated heterocycles. The Labute approximate surface area is 135 Å². The highest BCUT2D eigenvalue weighted by atomic mass is 32.2. The summed E-state index contributed by atoms with van der Waals surface area (Å²) in [5, 5.41) is 3.05. The molecule has 1 aliphatic rings. The predicted molar refractivity (Wildman–Crippen MR) is 85.7 cm³/mol. The van der Waals surface area contributed by atoms with Gasteiger partial charge in [-0.25, -0.2) is 22.7 Å². The molecule has 0 aliphatic carbocycles. The van der Waals surface area contributed by atoms with Gasteiger partial charge in [0.25, 0.3) is 0 Å². The lowest BCUT2D eigenvalue weighted by atomic mass is 9.96. The molecule has 1 atom stereocenters. The molecule has 0 radical (unpaired) electrons. The molecule has 2 aromatic heterocycles. The third kappa shape index (κ3) is 3.99. The SMILES string of the molecule is CS(=O)(=O)N1CCC[C@H](c2cncc(Nc3cnccn3)n2)C1. The Morgan fingerprint density at radius 1 is 1.17 bits per heavy atom. The van der Waals surface area contributed by atoms with Gasteiger partial charge < -0.3 is 5.32 Å². The third-order valence-electron chi connectivity index (χ3n) is 3.74. The average molecular weight is 334 g/mol. The standard InChI is InChI=1S/C14H18N6O2S/c1-23(21,22)20-6-2-3-11(10-20)12-7-16-9-14(18-12)19-13-8-15-4-5-17-13/h4-5,7-9,11H,2-3,6,10H2,1H3,(H,17,18,19)/t11-/m0/s1. The lowest BCUT2D eigenvalue weighted by Crippen LogP contribution is -2.38. The lowest BCUT2D eigenvalue weighted by Gasteiger charge is -2.30. The number of nitrogens with zero attached hydrogens (tertiary/aromatic N) is 5. The summed E-state index contributed by atoms with van der Waals surface area (Å²) in [6, 6.07) is 0. The Morgan fingerprint density at radius 2 is 2.00 bits per heavy atom. The predicted octanol–water partition coefficient (Wildman–Crippen LogP) is 1.15. The van der Waals surface area contributed by atoms with Crippen LogP contribution in [-0.4, -0.2) is 52.0 Å². The van der Waals surface area contributed by atoms with E-state index < -0.39 is 10.0 Å². The highest BCUT2D eigenvalue weighted by Crippen LogP contribution is 2.27. The molecule has 0 unspecified atom stereocenters. The van der Waals surface area contributed by atoms with Crippen LogP contribution >= 0.6 is 0 Å². The van der Waals surface area contributed by atoms with Crippen molar-refractivity contribution in [1.82, 2.24) is 24.2 Å². The molecule has 0 amide bonds. The molecule has 9 heteroatoms. The fraction of sp³-hybridized carbons (Fsp3) is 0.429. The highest BCUT2D eigenvalue weighted by molar-refractivity contribution is 7.88. The maximum Gasteiger partial charge on any atom is 0.211 e. The second-order valence-electron chi connectivity index (χ2n) is 5.50. The van der Waals surface area contributed by atoms with Crippen LogP contribution in [-0.2, 0) is 10.0 Å². The molecular weight excluding hydrogens is 316 g/mol. The van der Waals surface area contributed by atoms with Gasteiger partial charge in [-0.2, -0.15) is 0 Å². The van der Waals surface area contributed by atoms with Gasteiger partial charge in [-0.1, -0.05) is 0 Å². The maximum absolute atomic E-state index is 11.7. The van der Waals surface area contributed by atoms with Crippen LogP contribution in [0.1, 0.15) is 24.5 Å². The van der Waals surface area contributed by atoms with E-state index >= 15 is 0 Å². The molecule has 3 heterocycles. The van der Waals surface area contributed by atoms with Gasteiger partial charge in [0.15, 0.2) is 0 Å². The molecule has 0 saturated carbocycles. The molecule has 1 fully saturated rings. The molecule has 0 spiro atoms. The molecule has 3 rings (SSSR count). The first-order valence-corrected chi connectivity index (χ1v) is 9.17. The quantitative estimate of drug-likeness (QED) is 0.895. The Bertz CT molecular complexity index is 768. The van der Waals surface area contributed by atoms with E-state index in [1.165, 1.54) is 10.6 Å². The van der Waals surface area contributed by atoms with Crippen LogP contribution in [0.2, 0.25) is 0 Å². The number of piperidine rings is 1. The summed E-state index contributed by atoms with van der Waals surface area (Å²) in [7, 11) is -3.17. The topological polar surface area (TPSA) is 101 Å². The van der Waals surface area contributed by atoms with Crippen LogP contribution in [0.25, 0.3) is 0 Å². The lowest BCUT2D eigenvalue weighted by molar-refractivity contribution is 0.314. The van der Waals surface area contributed by atoms with Crippen LogP contribution in [0.5, 0.6) is 0 Å². The average Bonchev–Trinajstić information content (AvgIpc) is 2.55. The first-order valence-electron chi connectivity index (χ1n) is 7.32. The summed E-state index contributed by atoms with van der Waals surface area (Å²) in [4.78, 5) is 16.9. The van der Waals surface area contributed by atoms with E-state index in [-0.39, 0.29) is 5.92 Å². The largest absolute Gasteiger partial charge is 0.322 e. The van der Waals surface area contributed by atoms with E-state index in [1.807, 2.05) is 0 Å². The molecule has 2 aromatic rings.